The van der Waals surface area contributed by atoms with Gasteiger partial charge in [0.2, 0.25) is 0 Å². The number of rotatable bonds is 13. The average Bonchev–Trinajstić information content (AvgIpc) is 2.49. The van der Waals surface area contributed by atoms with Crippen molar-refractivity contribution in [3.8, 4) is 0 Å². The highest BCUT2D eigenvalue weighted by Crippen LogP contribution is 2.16. The van der Waals surface area contributed by atoms with E-state index < -0.39 is 0 Å². The lowest BCUT2D eigenvalue weighted by Crippen LogP contribution is -2.49. The Morgan fingerprint density at radius 2 is 1.24 bits per heavy atom. The molecule has 0 aromatic carbocycles. The Kier molecular flexibility index (Phi) is 11.3. The Morgan fingerprint density at radius 1 is 0.714 bits per heavy atom. The predicted molar refractivity (Wildman–Crippen MR) is 92.4 cm³/mol. The first-order valence-electron chi connectivity index (χ1n) is 9.68. The van der Waals surface area contributed by atoms with Crippen molar-refractivity contribution in [1.82, 2.24) is 0 Å². The van der Waals surface area contributed by atoms with Crippen LogP contribution in [0.15, 0.2) is 0 Å². The van der Waals surface area contributed by atoms with Crippen LogP contribution in [0.3, 0.4) is 0 Å². The molecule has 0 radical (unpaired) electrons. The van der Waals surface area contributed by atoms with Crippen molar-refractivity contribution in [2.45, 2.75) is 90.4 Å². The number of hydrogen-bond donors (Lipinski definition) is 0. The maximum absolute atomic E-state index is 5.92. The van der Waals surface area contributed by atoms with Crippen molar-refractivity contribution in [3.63, 3.8) is 0 Å². The van der Waals surface area contributed by atoms with Crippen LogP contribution in [-0.4, -0.2) is 38.0 Å². The second-order valence-corrected chi connectivity index (χ2v) is 7.35. The molecule has 0 atom stereocenters. The Bertz CT molecular complexity index is 224. The maximum Gasteiger partial charge on any atom is 0.182 e. The van der Waals surface area contributed by atoms with Gasteiger partial charge in [-0.15, -0.1) is 0 Å². The van der Waals surface area contributed by atoms with Crippen molar-refractivity contribution in [2.24, 2.45) is 0 Å². The summed E-state index contributed by atoms with van der Waals surface area (Å²) in [6.07, 6.45) is 18.2. The van der Waals surface area contributed by atoms with Crippen LogP contribution in [-0.2, 0) is 4.74 Å². The van der Waals surface area contributed by atoms with Gasteiger partial charge in [-0.05, 0) is 25.7 Å². The fourth-order valence-electron chi connectivity index (χ4n) is 3.38. The van der Waals surface area contributed by atoms with E-state index >= 15 is 0 Å². The zero-order valence-electron chi connectivity index (χ0n) is 14.9. The Hall–Kier alpha value is -0.0800. The molecule has 0 spiro atoms. The third kappa shape index (κ3) is 10.3. The summed E-state index contributed by atoms with van der Waals surface area (Å²) in [5.41, 5.74) is 0. The van der Waals surface area contributed by atoms with Gasteiger partial charge in [-0.1, -0.05) is 64.7 Å². The van der Waals surface area contributed by atoms with Crippen LogP contribution in [0.4, 0.5) is 0 Å². The molecule has 0 aromatic heterocycles. The topological polar surface area (TPSA) is 9.23 Å². The highest BCUT2D eigenvalue weighted by atomic mass is 16.5. The van der Waals surface area contributed by atoms with Gasteiger partial charge >= 0.3 is 0 Å². The monoisotopic (exact) mass is 298 g/mol. The molecular formula is C19H40NO+. The zero-order valence-corrected chi connectivity index (χ0v) is 14.9. The van der Waals surface area contributed by atoms with E-state index in [0.29, 0.717) is 0 Å². The molecule has 1 heterocycles. The third-order valence-corrected chi connectivity index (χ3v) is 4.94. The quantitative estimate of drug-likeness (QED) is 0.322. The molecule has 0 amide bonds. The van der Waals surface area contributed by atoms with E-state index in [0.717, 1.165) is 17.8 Å². The van der Waals surface area contributed by atoms with Crippen molar-refractivity contribution in [2.75, 3.05) is 33.5 Å². The van der Waals surface area contributed by atoms with Gasteiger partial charge in [0.25, 0.3) is 0 Å². The molecule has 0 saturated carbocycles. The number of ether oxygens (including phenoxy) is 1. The Labute approximate surface area is 133 Å². The van der Waals surface area contributed by atoms with E-state index in [4.69, 9.17) is 4.74 Å². The minimum absolute atomic E-state index is 0.942. The van der Waals surface area contributed by atoms with Gasteiger partial charge in [-0.3, -0.25) is 0 Å². The molecule has 21 heavy (non-hydrogen) atoms. The molecule has 0 aliphatic carbocycles. The number of likely N-dealkylation sites (tertiary alicyclic amines) is 1. The minimum Gasteiger partial charge on any atom is -0.332 e. The van der Waals surface area contributed by atoms with Crippen molar-refractivity contribution in [3.05, 3.63) is 0 Å². The van der Waals surface area contributed by atoms with Crippen LogP contribution in [0.1, 0.15) is 90.4 Å². The first kappa shape index (κ1) is 19.0. The van der Waals surface area contributed by atoms with Gasteiger partial charge in [0.1, 0.15) is 0 Å². The van der Waals surface area contributed by atoms with Crippen LogP contribution >= 0.6 is 0 Å². The molecule has 1 rings (SSSR count). The van der Waals surface area contributed by atoms with Crippen LogP contribution in [0, 0.1) is 0 Å². The summed E-state index contributed by atoms with van der Waals surface area (Å²) in [5.74, 6) is 0. The molecule has 1 aliphatic heterocycles. The second kappa shape index (κ2) is 12.5. The average molecular weight is 299 g/mol. The first-order valence-corrected chi connectivity index (χ1v) is 9.68. The first-order chi connectivity index (χ1) is 10.3. The van der Waals surface area contributed by atoms with E-state index in [1.165, 1.54) is 96.6 Å². The molecule has 0 N–H and O–H groups in total. The summed E-state index contributed by atoms with van der Waals surface area (Å²) >= 11 is 0. The molecule has 2 nitrogen and oxygen atoms in total. The number of hydrogen-bond acceptors (Lipinski definition) is 1. The van der Waals surface area contributed by atoms with Gasteiger partial charge in [0.05, 0.1) is 26.7 Å². The highest BCUT2D eigenvalue weighted by molar-refractivity contribution is 4.50. The minimum atomic E-state index is 0.942. The normalized spacial score (nSPS) is 18.0. The van der Waals surface area contributed by atoms with Crippen LogP contribution < -0.4 is 0 Å². The summed E-state index contributed by atoms with van der Waals surface area (Å²) in [4.78, 5) is 0. The molecule has 2 heteroatoms. The van der Waals surface area contributed by atoms with Gasteiger partial charge in [-0.2, -0.15) is 0 Å². The highest BCUT2D eigenvalue weighted by Gasteiger charge is 2.24. The molecule has 1 saturated heterocycles. The largest absolute Gasteiger partial charge is 0.332 e. The smallest absolute Gasteiger partial charge is 0.182 e. The number of unbranched alkanes of at least 4 members (excludes halogenated alkanes) is 9. The van der Waals surface area contributed by atoms with Crippen molar-refractivity contribution >= 4 is 0 Å². The lowest BCUT2D eigenvalue weighted by Gasteiger charge is -2.37. The molecule has 0 aromatic rings. The molecule has 126 valence electrons. The summed E-state index contributed by atoms with van der Waals surface area (Å²) in [5, 5.41) is 0. The van der Waals surface area contributed by atoms with Gasteiger partial charge in [0, 0.05) is 0 Å². The maximum atomic E-state index is 5.92. The number of nitrogens with zero attached hydrogens (tertiary/aromatic N) is 1. The van der Waals surface area contributed by atoms with Crippen LogP contribution in [0.2, 0.25) is 0 Å². The van der Waals surface area contributed by atoms with E-state index in [9.17, 15) is 0 Å². The SMILES string of the molecule is CCCCCCCCCCCCOC[N+]1(C)CCCCC1. The van der Waals surface area contributed by atoms with Crippen LogP contribution in [0.25, 0.3) is 0 Å². The third-order valence-electron chi connectivity index (χ3n) is 4.94. The zero-order chi connectivity index (χ0) is 15.2. The molecule has 0 unspecified atom stereocenters. The predicted octanol–water partition coefficient (Wildman–Crippen LogP) is 5.51. The Balaban J connectivity index is 1.78. The lowest BCUT2D eigenvalue weighted by molar-refractivity contribution is -0.932. The van der Waals surface area contributed by atoms with Crippen LogP contribution in [0.5, 0.6) is 0 Å². The van der Waals surface area contributed by atoms with Gasteiger partial charge in [-0.25, -0.2) is 0 Å². The molecular weight excluding hydrogens is 258 g/mol. The summed E-state index contributed by atoms with van der Waals surface area (Å²) in [6.45, 7) is 6.84. The Morgan fingerprint density at radius 3 is 1.81 bits per heavy atom. The van der Waals surface area contributed by atoms with E-state index in [-0.39, 0.29) is 0 Å². The van der Waals surface area contributed by atoms with E-state index in [1.807, 2.05) is 0 Å². The molecule has 1 fully saturated rings. The molecule has 0 bridgehead atoms. The van der Waals surface area contributed by atoms with E-state index in [2.05, 4.69) is 14.0 Å². The van der Waals surface area contributed by atoms with Crippen molar-refractivity contribution in [1.29, 1.82) is 0 Å². The number of quaternary nitrogens is 1. The lowest BCUT2D eigenvalue weighted by atomic mass is 10.1. The molecule has 1 aliphatic rings. The van der Waals surface area contributed by atoms with Gasteiger partial charge in [0.15, 0.2) is 6.73 Å². The van der Waals surface area contributed by atoms with Gasteiger partial charge < -0.3 is 9.22 Å². The fourth-order valence-corrected chi connectivity index (χ4v) is 3.38. The standard InChI is InChI=1S/C19H40NO/c1-3-4-5-6-7-8-9-10-11-15-18-21-19-20(2)16-13-12-14-17-20/h3-19H2,1-2H3/q+1. The van der Waals surface area contributed by atoms with Crippen molar-refractivity contribution < 1.29 is 9.22 Å². The summed E-state index contributed by atoms with van der Waals surface area (Å²) in [6, 6.07) is 0. The fraction of sp³-hybridized carbons (Fsp3) is 1.00. The summed E-state index contributed by atoms with van der Waals surface area (Å²) < 4.78 is 7.07. The summed E-state index contributed by atoms with van der Waals surface area (Å²) in [7, 11) is 2.36. The second-order valence-electron chi connectivity index (χ2n) is 7.35. The van der Waals surface area contributed by atoms with E-state index in [1.54, 1.807) is 0 Å². The number of piperidine rings is 1.